The van der Waals surface area contributed by atoms with E-state index in [9.17, 15) is 19.1 Å². The molecule has 0 radical (unpaired) electrons. The second-order valence-corrected chi connectivity index (χ2v) is 7.78. The van der Waals surface area contributed by atoms with Crippen LogP contribution < -0.4 is 4.90 Å². The normalized spacial score (nSPS) is 10.9. The van der Waals surface area contributed by atoms with E-state index in [1.807, 2.05) is 30.3 Å². The molecule has 0 aliphatic rings. The molecular weight excluding hydrogens is 377 g/mol. The van der Waals surface area contributed by atoms with E-state index in [1.165, 1.54) is 11.0 Å². The number of aromatic carboxylic acids is 1. The highest BCUT2D eigenvalue weighted by Crippen LogP contribution is 2.38. The molecule has 1 amide bonds. The number of rotatable bonds is 5. The van der Waals surface area contributed by atoms with Gasteiger partial charge in [0.05, 0.1) is 5.69 Å². The second kappa shape index (κ2) is 7.94. The second-order valence-electron chi connectivity index (χ2n) is 6.73. The van der Waals surface area contributed by atoms with Gasteiger partial charge >= 0.3 is 5.97 Å². The van der Waals surface area contributed by atoms with E-state index < -0.39 is 17.7 Å². The van der Waals surface area contributed by atoms with E-state index in [-0.39, 0.29) is 16.5 Å². The van der Waals surface area contributed by atoms with Crippen LogP contribution in [0.1, 0.15) is 39.4 Å². The zero-order chi connectivity index (χ0) is 20.4. The molecule has 1 aromatic heterocycles. The number of amides is 1. The maximum absolute atomic E-state index is 14.0. The molecule has 3 rings (SSSR count). The molecule has 0 spiro atoms. The minimum absolute atomic E-state index is 0.0773. The molecule has 0 saturated carbocycles. The summed E-state index contributed by atoms with van der Waals surface area (Å²) in [5.41, 5.74) is 1.82. The molecule has 2 aromatic carbocycles. The van der Waals surface area contributed by atoms with E-state index in [0.29, 0.717) is 11.3 Å². The van der Waals surface area contributed by atoms with Crippen LogP contribution in [0.2, 0.25) is 0 Å². The molecule has 6 heteroatoms. The number of hydrogen-bond donors (Lipinski definition) is 1. The summed E-state index contributed by atoms with van der Waals surface area (Å²) >= 11 is 1.12. The average molecular weight is 397 g/mol. The van der Waals surface area contributed by atoms with Crippen LogP contribution in [-0.4, -0.2) is 23.0 Å². The third kappa shape index (κ3) is 3.82. The van der Waals surface area contributed by atoms with Gasteiger partial charge in [-0.2, -0.15) is 0 Å². The third-order valence-electron chi connectivity index (χ3n) is 4.38. The highest BCUT2D eigenvalue weighted by molar-refractivity contribution is 7.18. The summed E-state index contributed by atoms with van der Waals surface area (Å²) in [5.74, 6) is -2.01. The van der Waals surface area contributed by atoms with Gasteiger partial charge in [0, 0.05) is 16.5 Å². The Morgan fingerprint density at radius 3 is 2.32 bits per heavy atom. The zero-order valence-electron chi connectivity index (χ0n) is 15.8. The molecular formula is C22H20FNO3S. The number of anilines is 1. The lowest BCUT2D eigenvalue weighted by Gasteiger charge is -2.26. The van der Waals surface area contributed by atoms with Gasteiger partial charge in [-0.05, 0) is 50.1 Å². The number of thiophene rings is 1. The first-order valence-corrected chi connectivity index (χ1v) is 9.63. The lowest BCUT2D eigenvalue weighted by Crippen LogP contribution is -2.37. The van der Waals surface area contributed by atoms with E-state index in [1.54, 1.807) is 39.0 Å². The molecule has 144 valence electrons. The Morgan fingerprint density at radius 2 is 1.75 bits per heavy atom. The van der Waals surface area contributed by atoms with Gasteiger partial charge in [-0.25, -0.2) is 9.18 Å². The lowest BCUT2D eigenvalue weighted by atomic mass is 10.1. The number of carboxylic acids is 1. The van der Waals surface area contributed by atoms with Gasteiger partial charge in [0.15, 0.2) is 0 Å². The minimum Gasteiger partial charge on any atom is -0.477 e. The van der Waals surface area contributed by atoms with Crippen LogP contribution in [0.15, 0.2) is 54.6 Å². The number of benzene rings is 2. The third-order valence-corrected chi connectivity index (χ3v) is 5.54. The predicted octanol–water partition coefficient (Wildman–Crippen LogP) is 5.62. The quantitative estimate of drug-likeness (QED) is 0.608. The van der Waals surface area contributed by atoms with Crippen molar-refractivity contribution in [3.05, 3.63) is 76.4 Å². The largest absolute Gasteiger partial charge is 0.477 e. The Kier molecular flexibility index (Phi) is 5.61. The van der Waals surface area contributed by atoms with Gasteiger partial charge < -0.3 is 10.0 Å². The van der Waals surface area contributed by atoms with Crippen molar-refractivity contribution in [3.8, 4) is 10.4 Å². The van der Waals surface area contributed by atoms with Crippen molar-refractivity contribution >= 4 is 28.9 Å². The minimum atomic E-state index is -1.10. The number of carbonyl (C=O) groups excluding carboxylic acids is 1. The fraction of sp³-hybridized carbons (Fsp3) is 0.182. The molecule has 0 fully saturated rings. The summed E-state index contributed by atoms with van der Waals surface area (Å²) in [6, 6.07) is 15.1. The Bertz CT molecular complexity index is 1030. The van der Waals surface area contributed by atoms with Crippen LogP contribution in [0.5, 0.6) is 0 Å². The Hall–Kier alpha value is -2.99. The number of carbonyl (C=O) groups is 2. The molecule has 0 atom stereocenters. The van der Waals surface area contributed by atoms with Crippen molar-refractivity contribution in [3.63, 3.8) is 0 Å². The van der Waals surface area contributed by atoms with Gasteiger partial charge in [0.25, 0.3) is 5.91 Å². The first-order valence-electron chi connectivity index (χ1n) is 8.82. The van der Waals surface area contributed by atoms with Gasteiger partial charge in [-0.3, -0.25) is 4.79 Å². The standard InChI is InChI=1S/C22H20FNO3S/c1-13(2)24(21(25)16-10-9-14(3)17(23)11-16)18-12-19(28-20(18)22(26)27)15-7-5-4-6-8-15/h4-13H,1-3H3,(H,26,27). The average Bonchev–Trinajstić information content (AvgIpc) is 3.09. The molecule has 4 nitrogen and oxygen atoms in total. The van der Waals surface area contributed by atoms with Gasteiger partial charge in [-0.1, -0.05) is 36.4 Å². The molecule has 0 unspecified atom stereocenters. The van der Waals surface area contributed by atoms with E-state index in [0.717, 1.165) is 21.8 Å². The molecule has 3 aromatic rings. The lowest BCUT2D eigenvalue weighted by molar-refractivity contribution is 0.0703. The summed E-state index contributed by atoms with van der Waals surface area (Å²) < 4.78 is 14.0. The van der Waals surface area contributed by atoms with E-state index >= 15 is 0 Å². The SMILES string of the molecule is Cc1ccc(C(=O)N(c2cc(-c3ccccc3)sc2C(=O)O)C(C)C)cc1F. The van der Waals surface area contributed by atoms with Crippen molar-refractivity contribution in [1.82, 2.24) is 0 Å². The number of carboxylic acid groups (broad SMARTS) is 1. The molecule has 1 N–H and O–H groups in total. The number of aryl methyl sites for hydroxylation is 1. The summed E-state index contributed by atoms with van der Waals surface area (Å²) in [5, 5.41) is 9.70. The topological polar surface area (TPSA) is 57.6 Å². The maximum Gasteiger partial charge on any atom is 0.348 e. The summed E-state index contributed by atoms with van der Waals surface area (Å²) in [6.45, 7) is 5.22. The van der Waals surface area contributed by atoms with Gasteiger partial charge in [0.1, 0.15) is 10.7 Å². The van der Waals surface area contributed by atoms with Crippen LogP contribution in [0.25, 0.3) is 10.4 Å². The number of nitrogens with zero attached hydrogens (tertiary/aromatic N) is 1. The predicted molar refractivity (Wildman–Crippen MR) is 110 cm³/mol. The molecule has 0 saturated heterocycles. The van der Waals surface area contributed by atoms with Crippen molar-refractivity contribution in [2.24, 2.45) is 0 Å². The molecule has 0 aliphatic heterocycles. The number of halogens is 1. The van der Waals surface area contributed by atoms with Gasteiger partial charge in [-0.15, -0.1) is 11.3 Å². The van der Waals surface area contributed by atoms with Crippen LogP contribution in [0, 0.1) is 12.7 Å². The molecule has 1 heterocycles. The first kappa shape index (κ1) is 19.8. The van der Waals surface area contributed by atoms with Crippen molar-refractivity contribution in [2.45, 2.75) is 26.8 Å². The first-order chi connectivity index (χ1) is 13.3. The Balaban J connectivity index is 2.11. The van der Waals surface area contributed by atoms with Gasteiger partial charge in [0.2, 0.25) is 0 Å². The summed E-state index contributed by atoms with van der Waals surface area (Å²) in [6.07, 6.45) is 0. The van der Waals surface area contributed by atoms with Crippen LogP contribution in [0.3, 0.4) is 0 Å². The maximum atomic E-state index is 14.0. The van der Waals surface area contributed by atoms with Crippen molar-refractivity contribution in [1.29, 1.82) is 0 Å². The smallest absolute Gasteiger partial charge is 0.348 e. The highest BCUT2D eigenvalue weighted by atomic mass is 32.1. The Morgan fingerprint density at radius 1 is 1.07 bits per heavy atom. The Labute approximate surface area is 166 Å². The monoisotopic (exact) mass is 397 g/mol. The summed E-state index contributed by atoms with van der Waals surface area (Å²) in [7, 11) is 0. The highest BCUT2D eigenvalue weighted by Gasteiger charge is 2.28. The van der Waals surface area contributed by atoms with Crippen molar-refractivity contribution < 1.29 is 19.1 Å². The summed E-state index contributed by atoms with van der Waals surface area (Å²) in [4.78, 5) is 27.2. The fourth-order valence-electron chi connectivity index (χ4n) is 2.95. The number of hydrogen-bond acceptors (Lipinski definition) is 3. The van der Waals surface area contributed by atoms with Crippen LogP contribution in [-0.2, 0) is 0 Å². The molecule has 0 aliphatic carbocycles. The van der Waals surface area contributed by atoms with Crippen molar-refractivity contribution in [2.75, 3.05) is 4.90 Å². The van der Waals surface area contributed by atoms with E-state index in [2.05, 4.69) is 0 Å². The zero-order valence-corrected chi connectivity index (χ0v) is 16.6. The fourth-order valence-corrected chi connectivity index (χ4v) is 3.94. The van der Waals surface area contributed by atoms with E-state index in [4.69, 9.17) is 0 Å². The molecule has 28 heavy (non-hydrogen) atoms. The van der Waals surface area contributed by atoms with Crippen LogP contribution in [0.4, 0.5) is 10.1 Å². The molecule has 0 bridgehead atoms. The van der Waals surface area contributed by atoms with Crippen LogP contribution >= 0.6 is 11.3 Å².